The van der Waals surface area contributed by atoms with Crippen LogP contribution in [0.5, 0.6) is 5.75 Å². The molecule has 0 spiro atoms. The lowest BCUT2D eigenvalue weighted by molar-refractivity contribution is 0.0894. The molecular formula is C15H18ClNO3. The van der Waals surface area contributed by atoms with E-state index in [1.165, 1.54) is 23.3 Å². The third-order valence-corrected chi connectivity index (χ3v) is 4.34. The molecule has 1 N–H and O–H groups in total. The van der Waals surface area contributed by atoms with Crippen LogP contribution in [0, 0.1) is 0 Å². The maximum atomic E-state index is 10.9. The highest BCUT2D eigenvalue weighted by Crippen LogP contribution is 2.44. The summed E-state index contributed by atoms with van der Waals surface area (Å²) in [6.07, 6.45) is 3.16. The van der Waals surface area contributed by atoms with E-state index in [-0.39, 0.29) is 6.10 Å². The molecule has 5 heteroatoms. The number of amides is 1. The highest BCUT2D eigenvalue weighted by molar-refractivity contribution is 6.31. The van der Waals surface area contributed by atoms with Crippen molar-refractivity contribution in [2.75, 3.05) is 13.1 Å². The van der Waals surface area contributed by atoms with Crippen molar-refractivity contribution in [1.82, 2.24) is 4.90 Å². The third kappa shape index (κ3) is 3.01. The Bertz CT molecular complexity index is 508. The summed E-state index contributed by atoms with van der Waals surface area (Å²) in [7, 11) is 0. The van der Waals surface area contributed by atoms with Gasteiger partial charge in [-0.2, -0.15) is 0 Å². The van der Waals surface area contributed by atoms with Gasteiger partial charge in [0.15, 0.2) is 0 Å². The Morgan fingerprint density at radius 1 is 1.25 bits per heavy atom. The predicted octanol–water partition coefficient (Wildman–Crippen LogP) is 3.74. The normalized spacial score (nSPS) is 19.9. The topological polar surface area (TPSA) is 49.8 Å². The minimum absolute atomic E-state index is 0.0961. The van der Waals surface area contributed by atoms with Crippen LogP contribution in [0.15, 0.2) is 18.2 Å². The van der Waals surface area contributed by atoms with Gasteiger partial charge in [-0.05, 0) is 42.5 Å². The molecule has 1 saturated heterocycles. The van der Waals surface area contributed by atoms with Gasteiger partial charge < -0.3 is 14.7 Å². The van der Waals surface area contributed by atoms with Gasteiger partial charge in [-0.3, -0.25) is 0 Å². The first-order valence-corrected chi connectivity index (χ1v) is 7.45. The first kappa shape index (κ1) is 13.6. The Balaban J connectivity index is 1.61. The number of halogens is 1. The molecule has 2 aliphatic rings. The van der Waals surface area contributed by atoms with Crippen molar-refractivity contribution in [3.63, 3.8) is 0 Å². The highest BCUT2D eigenvalue weighted by atomic mass is 35.5. The second-order valence-electron chi connectivity index (χ2n) is 5.54. The van der Waals surface area contributed by atoms with E-state index >= 15 is 0 Å². The number of hydrogen-bond acceptors (Lipinski definition) is 2. The van der Waals surface area contributed by atoms with E-state index in [4.69, 9.17) is 21.4 Å². The van der Waals surface area contributed by atoms with Crippen LogP contribution in [0.4, 0.5) is 4.79 Å². The molecule has 108 valence electrons. The summed E-state index contributed by atoms with van der Waals surface area (Å²) in [5, 5.41) is 9.74. The van der Waals surface area contributed by atoms with Gasteiger partial charge >= 0.3 is 6.09 Å². The summed E-state index contributed by atoms with van der Waals surface area (Å²) in [4.78, 5) is 12.3. The van der Waals surface area contributed by atoms with Gasteiger partial charge in [0.1, 0.15) is 11.9 Å². The molecule has 0 unspecified atom stereocenters. The largest absolute Gasteiger partial charge is 0.490 e. The van der Waals surface area contributed by atoms with Crippen molar-refractivity contribution in [2.45, 2.75) is 37.7 Å². The Morgan fingerprint density at radius 2 is 1.95 bits per heavy atom. The lowest BCUT2D eigenvalue weighted by atomic mass is 10.1. The number of carbonyl (C=O) groups is 1. The molecule has 3 rings (SSSR count). The highest BCUT2D eigenvalue weighted by Gasteiger charge is 2.27. The SMILES string of the molecule is O=C(O)N1CCC(Oc2ccc(Cl)c(C3CC3)c2)CC1. The molecule has 1 aromatic rings. The fraction of sp³-hybridized carbons (Fsp3) is 0.533. The monoisotopic (exact) mass is 295 g/mol. The van der Waals surface area contributed by atoms with Crippen molar-refractivity contribution in [1.29, 1.82) is 0 Å². The van der Waals surface area contributed by atoms with Crippen LogP contribution in [-0.4, -0.2) is 35.3 Å². The second-order valence-corrected chi connectivity index (χ2v) is 5.95. The number of carboxylic acid groups (broad SMARTS) is 1. The lowest BCUT2D eigenvalue weighted by Gasteiger charge is -2.30. The minimum atomic E-state index is -0.842. The zero-order valence-electron chi connectivity index (χ0n) is 11.2. The van der Waals surface area contributed by atoms with Crippen LogP contribution < -0.4 is 4.74 Å². The zero-order chi connectivity index (χ0) is 14.1. The van der Waals surface area contributed by atoms with E-state index in [2.05, 4.69) is 0 Å². The Labute approximate surface area is 123 Å². The molecule has 0 radical (unpaired) electrons. The van der Waals surface area contributed by atoms with E-state index in [0.29, 0.717) is 19.0 Å². The Hall–Kier alpha value is -1.42. The first-order valence-electron chi connectivity index (χ1n) is 7.07. The fourth-order valence-electron chi connectivity index (χ4n) is 2.66. The molecule has 0 atom stereocenters. The summed E-state index contributed by atoms with van der Waals surface area (Å²) in [5.74, 6) is 1.45. The molecule has 1 aliphatic heterocycles. The first-order chi connectivity index (χ1) is 9.63. The number of benzene rings is 1. The Kier molecular flexibility index (Phi) is 3.74. The number of ether oxygens (including phenoxy) is 1. The third-order valence-electron chi connectivity index (χ3n) is 4.00. The van der Waals surface area contributed by atoms with Crippen molar-refractivity contribution in [2.24, 2.45) is 0 Å². The van der Waals surface area contributed by atoms with Crippen LogP contribution in [0.2, 0.25) is 5.02 Å². The lowest BCUT2D eigenvalue weighted by Crippen LogP contribution is -2.41. The van der Waals surface area contributed by atoms with Crippen LogP contribution in [0.1, 0.15) is 37.2 Å². The number of likely N-dealkylation sites (tertiary alicyclic amines) is 1. The molecule has 4 nitrogen and oxygen atoms in total. The average molecular weight is 296 g/mol. The molecule has 0 bridgehead atoms. The maximum Gasteiger partial charge on any atom is 0.407 e. The summed E-state index contributed by atoms with van der Waals surface area (Å²) < 4.78 is 5.98. The summed E-state index contributed by atoms with van der Waals surface area (Å²) in [5.41, 5.74) is 1.19. The standard InChI is InChI=1S/C15H18ClNO3/c16-14-4-3-12(9-13(14)10-1-2-10)20-11-5-7-17(8-6-11)15(18)19/h3-4,9-11H,1-2,5-8H2,(H,18,19). The van der Waals surface area contributed by atoms with Crippen molar-refractivity contribution < 1.29 is 14.6 Å². The van der Waals surface area contributed by atoms with E-state index in [1.807, 2.05) is 18.2 Å². The van der Waals surface area contributed by atoms with Gasteiger partial charge in [-0.1, -0.05) is 11.6 Å². The summed E-state index contributed by atoms with van der Waals surface area (Å²) >= 11 is 6.20. The van der Waals surface area contributed by atoms with E-state index in [9.17, 15) is 4.79 Å². The number of rotatable bonds is 3. The van der Waals surface area contributed by atoms with Crippen molar-refractivity contribution >= 4 is 17.7 Å². The number of hydrogen-bond donors (Lipinski definition) is 1. The van der Waals surface area contributed by atoms with Crippen LogP contribution >= 0.6 is 11.6 Å². The van der Waals surface area contributed by atoms with Gasteiger partial charge in [0, 0.05) is 31.0 Å². The quantitative estimate of drug-likeness (QED) is 0.924. The van der Waals surface area contributed by atoms with Crippen molar-refractivity contribution in [3.05, 3.63) is 28.8 Å². The summed E-state index contributed by atoms with van der Waals surface area (Å²) in [6, 6.07) is 5.85. The maximum absolute atomic E-state index is 10.9. The van der Waals surface area contributed by atoms with Gasteiger partial charge in [0.2, 0.25) is 0 Å². The van der Waals surface area contributed by atoms with Gasteiger partial charge in [0.25, 0.3) is 0 Å². The molecule has 2 fully saturated rings. The predicted molar refractivity (Wildman–Crippen MR) is 76.7 cm³/mol. The molecular weight excluding hydrogens is 278 g/mol. The Morgan fingerprint density at radius 3 is 2.55 bits per heavy atom. The van der Waals surface area contributed by atoms with E-state index in [1.54, 1.807) is 0 Å². The van der Waals surface area contributed by atoms with Gasteiger partial charge in [-0.25, -0.2) is 4.79 Å². The molecule has 1 saturated carbocycles. The molecule has 20 heavy (non-hydrogen) atoms. The van der Waals surface area contributed by atoms with E-state index < -0.39 is 6.09 Å². The van der Waals surface area contributed by atoms with Gasteiger partial charge in [0.05, 0.1) is 0 Å². The molecule has 1 aromatic carbocycles. The zero-order valence-corrected chi connectivity index (χ0v) is 12.0. The number of piperidine rings is 1. The van der Waals surface area contributed by atoms with Crippen molar-refractivity contribution in [3.8, 4) is 5.75 Å². The minimum Gasteiger partial charge on any atom is -0.490 e. The van der Waals surface area contributed by atoms with Crippen LogP contribution in [0.3, 0.4) is 0 Å². The second kappa shape index (κ2) is 5.52. The van der Waals surface area contributed by atoms with Gasteiger partial charge in [-0.15, -0.1) is 0 Å². The average Bonchev–Trinajstić information content (AvgIpc) is 3.26. The van der Waals surface area contributed by atoms with E-state index in [0.717, 1.165) is 23.6 Å². The molecule has 1 amide bonds. The van der Waals surface area contributed by atoms with Crippen LogP contribution in [0.25, 0.3) is 0 Å². The number of nitrogens with zero attached hydrogens (tertiary/aromatic N) is 1. The van der Waals surface area contributed by atoms with Crippen LogP contribution in [-0.2, 0) is 0 Å². The molecule has 0 aromatic heterocycles. The fourth-order valence-corrected chi connectivity index (χ4v) is 2.93. The smallest absolute Gasteiger partial charge is 0.407 e. The molecule has 1 heterocycles. The summed E-state index contributed by atoms with van der Waals surface area (Å²) in [6.45, 7) is 1.09. The molecule has 1 aliphatic carbocycles.